The van der Waals surface area contributed by atoms with E-state index in [0.717, 1.165) is 12.8 Å². The van der Waals surface area contributed by atoms with E-state index in [2.05, 4.69) is 0 Å². The Hall–Kier alpha value is -1.53. The molecule has 1 aromatic rings. The average molecular weight is 280 g/mol. The quantitative estimate of drug-likeness (QED) is 0.677. The summed E-state index contributed by atoms with van der Waals surface area (Å²) < 4.78 is 19.9. The monoisotopic (exact) mass is 280 g/mol. The molecule has 2 N–H and O–H groups in total. The van der Waals surface area contributed by atoms with Crippen LogP contribution in [0.3, 0.4) is 0 Å². The minimum atomic E-state index is -0.774. The number of nitrogens with zero attached hydrogens (tertiary/aromatic N) is 1. The molecule has 108 valence electrons. The summed E-state index contributed by atoms with van der Waals surface area (Å²) in [5.74, 6) is -0.312. The summed E-state index contributed by atoms with van der Waals surface area (Å²) in [4.78, 5) is 10.1. The minimum absolute atomic E-state index is 0.0545. The first-order chi connectivity index (χ1) is 9.51. The van der Waals surface area contributed by atoms with Gasteiger partial charge in [-0.3, -0.25) is 10.1 Å². The largest absolute Gasteiger partial charge is 0.376 e. The van der Waals surface area contributed by atoms with Gasteiger partial charge in [0.1, 0.15) is 0 Å². The van der Waals surface area contributed by atoms with E-state index in [4.69, 9.17) is 10.5 Å². The Balaban J connectivity index is 1.87. The van der Waals surface area contributed by atoms with Crippen molar-refractivity contribution in [1.82, 2.24) is 0 Å². The van der Waals surface area contributed by atoms with Crippen LogP contribution in [0, 0.1) is 21.8 Å². The Kier molecular flexibility index (Phi) is 3.22. The van der Waals surface area contributed by atoms with Crippen molar-refractivity contribution < 1.29 is 14.1 Å². The van der Waals surface area contributed by atoms with Gasteiger partial charge >= 0.3 is 5.69 Å². The maximum Gasteiger partial charge on any atom is 0.305 e. The highest BCUT2D eigenvalue weighted by Crippen LogP contribution is 2.43. The molecule has 2 fully saturated rings. The number of hydrogen-bond acceptors (Lipinski definition) is 4. The Morgan fingerprint density at radius 1 is 1.50 bits per heavy atom. The molecule has 2 atom stereocenters. The van der Waals surface area contributed by atoms with Crippen LogP contribution in [0.5, 0.6) is 0 Å². The summed E-state index contributed by atoms with van der Waals surface area (Å²) in [6.07, 6.45) is 3.08. The van der Waals surface area contributed by atoms with Gasteiger partial charge in [0.15, 0.2) is 0 Å². The smallest absolute Gasteiger partial charge is 0.305 e. The van der Waals surface area contributed by atoms with Crippen LogP contribution in [0.2, 0.25) is 0 Å². The van der Waals surface area contributed by atoms with Gasteiger partial charge in [0.25, 0.3) is 0 Å². The first kappa shape index (κ1) is 13.5. The summed E-state index contributed by atoms with van der Waals surface area (Å²) >= 11 is 0. The Morgan fingerprint density at radius 3 is 2.90 bits per heavy atom. The van der Waals surface area contributed by atoms with E-state index in [1.807, 2.05) is 0 Å². The SMILES string of the molecule is NC1(Cc2cccc([N+](=O)[O-])c2F)CCOC1C1CC1. The third kappa shape index (κ3) is 2.29. The second-order valence-electron chi connectivity index (χ2n) is 5.80. The lowest BCUT2D eigenvalue weighted by atomic mass is 9.83. The molecule has 1 saturated heterocycles. The zero-order chi connectivity index (χ0) is 14.3. The third-order valence-corrected chi connectivity index (χ3v) is 4.26. The fraction of sp³-hybridized carbons (Fsp3) is 0.571. The lowest BCUT2D eigenvalue weighted by molar-refractivity contribution is -0.387. The lowest BCUT2D eigenvalue weighted by Gasteiger charge is -2.30. The molecular formula is C14H17FN2O3. The van der Waals surface area contributed by atoms with Gasteiger partial charge in [-0.25, -0.2) is 0 Å². The Bertz CT molecular complexity index is 547. The zero-order valence-corrected chi connectivity index (χ0v) is 11.0. The van der Waals surface area contributed by atoms with E-state index >= 15 is 0 Å². The van der Waals surface area contributed by atoms with Gasteiger partial charge in [0.2, 0.25) is 5.82 Å². The van der Waals surface area contributed by atoms with Crippen molar-refractivity contribution in [2.24, 2.45) is 11.7 Å². The van der Waals surface area contributed by atoms with E-state index in [1.165, 1.54) is 12.1 Å². The van der Waals surface area contributed by atoms with E-state index in [9.17, 15) is 14.5 Å². The normalized spacial score (nSPS) is 29.6. The number of rotatable bonds is 4. The van der Waals surface area contributed by atoms with Gasteiger partial charge < -0.3 is 10.5 Å². The summed E-state index contributed by atoms with van der Waals surface area (Å²) in [6.45, 7) is 0.578. The van der Waals surface area contributed by atoms with Gasteiger partial charge in [-0.15, -0.1) is 0 Å². The number of hydrogen-bond donors (Lipinski definition) is 1. The van der Waals surface area contributed by atoms with Crippen molar-refractivity contribution >= 4 is 5.69 Å². The number of nitro benzene ring substituents is 1. The predicted octanol–water partition coefficient (Wildman–Crippen LogP) is 2.17. The fourth-order valence-electron chi connectivity index (χ4n) is 3.08. The first-order valence-corrected chi connectivity index (χ1v) is 6.83. The molecular weight excluding hydrogens is 263 g/mol. The summed E-state index contributed by atoms with van der Waals surface area (Å²) in [5.41, 5.74) is 5.61. The van der Waals surface area contributed by atoms with Gasteiger partial charge in [-0.2, -0.15) is 4.39 Å². The molecule has 0 amide bonds. The van der Waals surface area contributed by atoms with Crippen molar-refractivity contribution in [3.8, 4) is 0 Å². The van der Waals surface area contributed by atoms with Crippen molar-refractivity contribution in [1.29, 1.82) is 0 Å². The number of benzene rings is 1. The maximum atomic E-state index is 14.2. The lowest BCUT2D eigenvalue weighted by Crippen LogP contribution is -2.50. The third-order valence-electron chi connectivity index (χ3n) is 4.26. The highest BCUT2D eigenvalue weighted by molar-refractivity contribution is 5.38. The molecule has 0 bridgehead atoms. The van der Waals surface area contributed by atoms with Crippen LogP contribution in [-0.2, 0) is 11.2 Å². The van der Waals surface area contributed by atoms with Crippen LogP contribution < -0.4 is 5.73 Å². The van der Waals surface area contributed by atoms with Gasteiger partial charge in [0, 0.05) is 18.2 Å². The van der Waals surface area contributed by atoms with E-state index < -0.39 is 22.0 Å². The second-order valence-corrected chi connectivity index (χ2v) is 5.80. The molecule has 5 nitrogen and oxygen atoms in total. The van der Waals surface area contributed by atoms with Crippen LogP contribution in [0.25, 0.3) is 0 Å². The molecule has 6 heteroatoms. The topological polar surface area (TPSA) is 78.4 Å². The van der Waals surface area contributed by atoms with Gasteiger partial charge in [-0.05, 0) is 37.2 Å². The summed E-state index contributed by atoms with van der Waals surface area (Å²) in [7, 11) is 0. The first-order valence-electron chi connectivity index (χ1n) is 6.83. The number of nitrogens with two attached hydrogens (primary N) is 1. The average Bonchev–Trinajstić information content (AvgIpc) is 3.15. The number of halogens is 1. The van der Waals surface area contributed by atoms with Gasteiger partial charge in [-0.1, -0.05) is 12.1 Å². The molecule has 0 radical (unpaired) electrons. The molecule has 20 heavy (non-hydrogen) atoms. The molecule has 1 saturated carbocycles. The van der Waals surface area contributed by atoms with E-state index in [-0.39, 0.29) is 12.5 Å². The van der Waals surface area contributed by atoms with E-state index in [0.29, 0.717) is 24.5 Å². The van der Waals surface area contributed by atoms with Crippen molar-refractivity contribution in [2.45, 2.75) is 37.3 Å². The summed E-state index contributed by atoms with van der Waals surface area (Å²) in [6, 6.07) is 4.24. The molecule has 1 aliphatic heterocycles. The van der Waals surface area contributed by atoms with Crippen molar-refractivity contribution in [3.63, 3.8) is 0 Å². The number of nitro groups is 1. The molecule has 1 aromatic carbocycles. The fourth-order valence-corrected chi connectivity index (χ4v) is 3.08. The second kappa shape index (κ2) is 4.79. The van der Waals surface area contributed by atoms with Crippen LogP contribution >= 0.6 is 0 Å². The van der Waals surface area contributed by atoms with Crippen LogP contribution in [0.15, 0.2) is 18.2 Å². The molecule has 0 aromatic heterocycles. The minimum Gasteiger partial charge on any atom is -0.376 e. The zero-order valence-electron chi connectivity index (χ0n) is 11.0. The van der Waals surface area contributed by atoms with Crippen molar-refractivity contribution in [2.75, 3.05) is 6.61 Å². The maximum absolute atomic E-state index is 14.2. The van der Waals surface area contributed by atoms with Crippen LogP contribution in [-0.4, -0.2) is 23.2 Å². The highest BCUT2D eigenvalue weighted by atomic mass is 19.1. The summed E-state index contributed by atoms with van der Waals surface area (Å²) in [5, 5.41) is 10.8. The molecule has 3 rings (SSSR count). The number of ether oxygens (including phenoxy) is 1. The van der Waals surface area contributed by atoms with Gasteiger partial charge in [0.05, 0.1) is 11.0 Å². The van der Waals surface area contributed by atoms with E-state index in [1.54, 1.807) is 6.07 Å². The highest BCUT2D eigenvalue weighted by Gasteiger charge is 2.49. The molecule has 1 aliphatic carbocycles. The molecule has 2 aliphatic rings. The Labute approximate surface area is 116 Å². The predicted molar refractivity (Wildman–Crippen MR) is 70.8 cm³/mol. The molecule has 0 spiro atoms. The Morgan fingerprint density at radius 2 is 2.25 bits per heavy atom. The molecule has 2 unspecified atom stereocenters. The van der Waals surface area contributed by atoms with Crippen LogP contribution in [0.4, 0.5) is 10.1 Å². The standard InChI is InChI=1S/C14H17FN2O3/c15-12-10(2-1-3-11(12)17(18)19)8-14(16)6-7-20-13(14)9-4-5-9/h1-3,9,13H,4-8,16H2. The van der Waals surface area contributed by atoms with Crippen LogP contribution in [0.1, 0.15) is 24.8 Å². The molecule has 1 heterocycles. The van der Waals surface area contributed by atoms with Crippen molar-refractivity contribution in [3.05, 3.63) is 39.7 Å².